The zero-order valence-electron chi connectivity index (χ0n) is 15.8. The highest BCUT2D eigenvalue weighted by Gasteiger charge is 2.31. The minimum Gasteiger partial charge on any atom is -0.378 e. The van der Waals surface area contributed by atoms with Crippen LogP contribution in [-0.2, 0) is 14.2 Å². The normalized spacial score (nSPS) is 24.0. The molecule has 1 unspecified atom stereocenters. The third kappa shape index (κ3) is 6.36. The molecule has 2 atom stereocenters. The molecular weight excluding hydrogens is 288 g/mol. The minimum absolute atomic E-state index is 0.269. The minimum atomic E-state index is -0.498. The number of rotatable bonds is 9. The molecule has 0 aliphatic heterocycles. The van der Waals surface area contributed by atoms with Crippen LogP contribution in [0.15, 0.2) is 0 Å². The van der Waals surface area contributed by atoms with Crippen LogP contribution in [0.4, 0.5) is 0 Å². The highest BCUT2D eigenvalue weighted by molar-refractivity contribution is 4.78. The molecule has 0 heterocycles. The van der Waals surface area contributed by atoms with Crippen molar-refractivity contribution in [1.29, 1.82) is 0 Å². The summed E-state index contributed by atoms with van der Waals surface area (Å²) < 4.78 is 18.0. The molecule has 0 amide bonds. The molecule has 2 aliphatic rings. The Bertz CT molecular complexity index is 317. The van der Waals surface area contributed by atoms with Gasteiger partial charge in [-0.2, -0.15) is 0 Å². The van der Waals surface area contributed by atoms with Gasteiger partial charge in [0.1, 0.15) is 0 Å². The molecule has 2 aliphatic carbocycles. The Kier molecular flexibility index (Phi) is 7.84. The van der Waals surface area contributed by atoms with Gasteiger partial charge in [-0.05, 0) is 64.7 Å². The van der Waals surface area contributed by atoms with Crippen LogP contribution >= 0.6 is 0 Å². The van der Waals surface area contributed by atoms with Crippen LogP contribution in [0.5, 0.6) is 0 Å². The van der Waals surface area contributed by atoms with Gasteiger partial charge in [0.2, 0.25) is 0 Å². The third-order valence-electron chi connectivity index (χ3n) is 5.95. The van der Waals surface area contributed by atoms with Crippen LogP contribution in [0.25, 0.3) is 0 Å². The van der Waals surface area contributed by atoms with Crippen molar-refractivity contribution in [2.75, 3.05) is 13.7 Å². The average Bonchev–Trinajstić information content (AvgIpc) is 3.09. The number of ether oxygens (including phenoxy) is 3. The summed E-state index contributed by atoms with van der Waals surface area (Å²) in [6.07, 6.45) is 13.8. The monoisotopic (exact) mass is 326 g/mol. The molecule has 2 rings (SSSR count). The molecule has 0 bridgehead atoms. The second-order valence-corrected chi connectivity index (χ2v) is 8.07. The van der Waals surface area contributed by atoms with Crippen molar-refractivity contribution in [3.63, 3.8) is 0 Å². The molecule has 0 N–H and O–H groups in total. The van der Waals surface area contributed by atoms with Crippen molar-refractivity contribution in [3.8, 4) is 0 Å². The molecular formula is C20H38O3. The van der Waals surface area contributed by atoms with Gasteiger partial charge in [-0.1, -0.05) is 32.1 Å². The van der Waals surface area contributed by atoms with E-state index in [0.717, 1.165) is 18.9 Å². The van der Waals surface area contributed by atoms with Crippen molar-refractivity contribution < 1.29 is 14.2 Å². The van der Waals surface area contributed by atoms with Crippen LogP contribution in [0.2, 0.25) is 0 Å². The summed E-state index contributed by atoms with van der Waals surface area (Å²) in [5, 5.41) is 0. The number of hydrogen-bond donors (Lipinski definition) is 0. The van der Waals surface area contributed by atoms with Crippen LogP contribution < -0.4 is 0 Å². The molecule has 3 heteroatoms. The predicted octanol–water partition coefficient (Wildman–Crippen LogP) is 5.32. The summed E-state index contributed by atoms with van der Waals surface area (Å²) in [6.45, 7) is 7.11. The van der Waals surface area contributed by atoms with Crippen molar-refractivity contribution >= 4 is 0 Å². The maximum absolute atomic E-state index is 6.30. The van der Waals surface area contributed by atoms with E-state index in [-0.39, 0.29) is 6.10 Å². The van der Waals surface area contributed by atoms with Crippen LogP contribution in [0.3, 0.4) is 0 Å². The highest BCUT2D eigenvalue weighted by Crippen LogP contribution is 2.33. The maximum Gasteiger partial charge on any atom is 0.162 e. The lowest BCUT2D eigenvalue weighted by molar-refractivity contribution is -0.236. The van der Waals surface area contributed by atoms with Crippen LogP contribution in [-0.4, -0.2) is 31.7 Å². The first-order chi connectivity index (χ1) is 11.0. The first-order valence-corrected chi connectivity index (χ1v) is 9.86. The van der Waals surface area contributed by atoms with Crippen molar-refractivity contribution in [2.24, 2.45) is 11.8 Å². The zero-order chi connectivity index (χ0) is 16.7. The Morgan fingerprint density at radius 1 is 0.913 bits per heavy atom. The second kappa shape index (κ2) is 9.39. The largest absolute Gasteiger partial charge is 0.378 e. The van der Waals surface area contributed by atoms with Crippen molar-refractivity contribution in [1.82, 2.24) is 0 Å². The number of hydrogen-bond acceptors (Lipinski definition) is 3. The SMILES string of the molecule is COC(C)(C)OC(CCO[C@@H](C)C1CCCCC1)C1CCCC1. The van der Waals surface area contributed by atoms with E-state index < -0.39 is 5.79 Å². The Morgan fingerprint density at radius 2 is 1.48 bits per heavy atom. The fraction of sp³-hybridized carbons (Fsp3) is 1.00. The van der Waals surface area contributed by atoms with E-state index in [1.807, 2.05) is 13.8 Å². The lowest BCUT2D eigenvalue weighted by Gasteiger charge is -2.33. The summed E-state index contributed by atoms with van der Waals surface area (Å²) >= 11 is 0. The molecule has 136 valence electrons. The maximum atomic E-state index is 6.30. The van der Waals surface area contributed by atoms with Gasteiger partial charge >= 0.3 is 0 Å². The molecule has 0 aromatic carbocycles. The van der Waals surface area contributed by atoms with E-state index >= 15 is 0 Å². The molecule has 0 saturated heterocycles. The fourth-order valence-corrected chi connectivity index (χ4v) is 4.24. The molecule has 3 nitrogen and oxygen atoms in total. The fourth-order valence-electron chi connectivity index (χ4n) is 4.24. The van der Waals surface area contributed by atoms with E-state index in [0.29, 0.717) is 12.0 Å². The van der Waals surface area contributed by atoms with Gasteiger partial charge in [0.25, 0.3) is 0 Å². The average molecular weight is 327 g/mol. The molecule has 0 spiro atoms. The topological polar surface area (TPSA) is 27.7 Å². The highest BCUT2D eigenvalue weighted by atomic mass is 16.7. The molecule has 23 heavy (non-hydrogen) atoms. The Hall–Kier alpha value is -0.120. The van der Waals surface area contributed by atoms with Gasteiger partial charge in [-0.3, -0.25) is 0 Å². The summed E-state index contributed by atoms with van der Waals surface area (Å²) in [6, 6.07) is 0. The van der Waals surface area contributed by atoms with Gasteiger partial charge in [0.15, 0.2) is 5.79 Å². The van der Waals surface area contributed by atoms with Crippen LogP contribution in [0.1, 0.15) is 85.0 Å². The van der Waals surface area contributed by atoms with Crippen molar-refractivity contribution in [2.45, 2.75) is 103 Å². The van der Waals surface area contributed by atoms with Crippen molar-refractivity contribution in [3.05, 3.63) is 0 Å². The first kappa shape index (κ1) is 19.2. The molecule has 2 fully saturated rings. The van der Waals surface area contributed by atoms with Gasteiger partial charge in [0.05, 0.1) is 12.2 Å². The smallest absolute Gasteiger partial charge is 0.162 e. The van der Waals surface area contributed by atoms with Gasteiger partial charge in [-0.25, -0.2) is 0 Å². The summed E-state index contributed by atoms with van der Waals surface area (Å²) in [4.78, 5) is 0. The Morgan fingerprint density at radius 3 is 2.09 bits per heavy atom. The van der Waals surface area contributed by atoms with E-state index in [4.69, 9.17) is 14.2 Å². The predicted molar refractivity (Wildman–Crippen MR) is 94.5 cm³/mol. The van der Waals surface area contributed by atoms with E-state index in [9.17, 15) is 0 Å². The molecule has 0 aromatic rings. The summed E-state index contributed by atoms with van der Waals surface area (Å²) in [7, 11) is 1.73. The lowest BCUT2D eigenvalue weighted by Crippen LogP contribution is -2.37. The van der Waals surface area contributed by atoms with E-state index in [1.165, 1.54) is 57.8 Å². The molecule has 0 radical (unpaired) electrons. The molecule has 2 saturated carbocycles. The Labute approximate surface area is 143 Å². The zero-order valence-corrected chi connectivity index (χ0v) is 15.8. The van der Waals surface area contributed by atoms with E-state index in [2.05, 4.69) is 6.92 Å². The van der Waals surface area contributed by atoms with E-state index in [1.54, 1.807) is 7.11 Å². The van der Waals surface area contributed by atoms with Gasteiger partial charge in [-0.15, -0.1) is 0 Å². The second-order valence-electron chi connectivity index (χ2n) is 8.07. The van der Waals surface area contributed by atoms with Crippen LogP contribution in [0, 0.1) is 11.8 Å². The summed E-state index contributed by atoms with van der Waals surface area (Å²) in [5.41, 5.74) is 0. The molecule has 0 aromatic heterocycles. The number of methoxy groups -OCH3 is 1. The standard InChI is InChI=1S/C20H38O3/c1-16(17-10-6-5-7-11-17)22-15-14-19(18-12-8-9-13-18)23-20(2,3)21-4/h16-19H,5-15H2,1-4H3/t16-,19?/m0/s1. The Balaban J connectivity index is 1.77. The lowest BCUT2D eigenvalue weighted by atomic mass is 9.86. The van der Waals surface area contributed by atoms with Gasteiger partial charge < -0.3 is 14.2 Å². The third-order valence-corrected chi connectivity index (χ3v) is 5.95. The quantitative estimate of drug-likeness (QED) is 0.537. The van der Waals surface area contributed by atoms with Gasteiger partial charge in [0, 0.05) is 13.7 Å². The first-order valence-electron chi connectivity index (χ1n) is 9.86. The summed E-state index contributed by atoms with van der Waals surface area (Å²) in [5.74, 6) is 0.949.